The maximum atomic E-state index is 10.5. The van der Waals surface area contributed by atoms with Gasteiger partial charge in [0.15, 0.2) is 12.6 Å². The van der Waals surface area contributed by atoms with Gasteiger partial charge >= 0.3 is 0 Å². The lowest BCUT2D eigenvalue weighted by atomic mass is 9.95. The van der Waals surface area contributed by atoms with Gasteiger partial charge in [-0.1, -0.05) is 20.8 Å². The SMILES string of the molecule is CC(C)(C)c1nc(C=O)cc(C=O)n1. The Morgan fingerprint density at radius 2 is 1.50 bits per heavy atom. The molecule has 0 atom stereocenters. The van der Waals surface area contributed by atoms with E-state index < -0.39 is 0 Å². The average molecular weight is 192 g/mol. The summed E-state index contributed by atoms with van der Waals surface area (Å²) in [7, 11) is 0. The molecule has 0 N–H and O–H groups in total. The average Bonchev–Trinajstić information content (AvgIpc) is 2.15. The van der Waals surface area contributed by atoms with Crippen molar-refractivity contribution in [3.8, 4) is 0 Å². The van der Waals surface area contributed by atoms with Gasteiger partial charge in [-0.15, -0.1) is 0 Å². The molecule has 1 rings (SSSR count). The fourth-order valence-electron chi connectivity index (χ4n) is 0.942. The van der Waals surface area contributed by atoms with E-state index >= 15 is 0 Å². The molecule has 0 unspecified atom stereocenters. The molecular weight excluding hydrogens is 180 g/mol. The van der Waals surface area contributed by atoms with Crippen LogP contribution < -0.4 is 0 Å². The molecule has 0 fully saturated rings. The van der Waals surface area contributed by atoms with Crippen LogP contribution in [0.25, 0.3) is 0 Å². The van der Waals surface area contributed by atoms with E-state index in [1.54, 1.807) is 0 Å². The van der Waals surface area contributed by atoms with Gasteiger partial charge < -0.3 is 0 Å². The van der Waals surface area contributed by atoms with Gasteiger partial charge in [0.2, 0.25) is 0 Å². The van der Waals surface area contributed by atoms with Gasteiger partial charge in [0.1, 0.15) is 17.2 Å². The first-order valence-electron chi connectivity index (χ1n) is 4.27. The van der Waals surface area contributed by atoms with Crippen molar-refractivity contribution < 1.29 is 9.59 Å². The van der Waals surface area contributed by atoms with Gasteiger partial charge in [0.25, 0.3) is 0 Å². The first kappa shape index (κ1) is 10.5. The molecule has 0 aliphatic carbocycles. The van der Waals surface area contributed by atoms with E-state index in [2.05, 4.69) is 9.97 Å². The van der Waals surface area contributed by atoms with Crippen LogP contribution in [0.15, 0.2) is 6.07 Å². The number of hydrogen-bond acceptors (Lipinski definition) is 4. The van der Waals surface area contributed by atoms with Crippen LogP contribution in [0.4, 0.5) is 0 Å². The molecule has 0 aliphatic heterocycles. The van der Waals surface area contributed by atoms with Gasteiger partial charge in [-0.2, -0.15) is 0 Å². The third kappa shape index (κ3) is 2.22. The summed E-state index contributed by atoms with van der Waals surface area (Å²) in [6.07, 6.45) is 1.23. The van der Waals surface area contributed by atoms with Crippen molar-refractivity contribution >= 4 is 12.6 Å². The van der Waals surface area contributed by atoms with Gasteiger partial charge in [-0.05, 0) is 6.07 Å². The maximum absolute atomic E-state index is 10.5. The monoisotopic (exact) mass is 192 g/mol. The van der Waals surface area contributed by atoms with Gasteiger partial charge in [-0.3, -0.25) is 9.59 Å². The summed E-state index contributed by atoms with van der Waals surface area (Å²) < 4.78 is 0. The molecule has 0 aliphatic rings. The minimum absolute atomic E-state index is 0.243. The van der Waals surface area contributed by atoms with Gasteiger partial charge in [-0.25, -0.2) is 9.97 Å². The molecule has 14 heavy (non-hydrogen) atoms. The summed E-state index contributed by atoms with van der Waals surface area (Å²) in [6.45, 7) is 5.77. The molecule has 0 bridgehead atoms. The minimum Gasteiger partial charge on any atom is -0.296 e. The van der Waals surface area contributed by atoms with Crippen molar-refractivity contribution in [2.24, 2.45) is 0 Å². The lowest BCUT2D eigenvalue weighted by molar-refractivity contribution is 0.111. The van der Waals surface area contributed by atoms with Crippen LogP contribution in [0, 0.1) is 0 Å². The molecule has 1 aromatic rings. The van der Waals surface area contributed by atoms with E-state index in [-0.39, 0.29) is 16.8 Å². The van der Waals surface area contributed by atoms with E-state index in [9.17, 15) is 9.59 Å². The van der Waals surface area contributed by atoms with Crippen LogP contribution in [0.2, 0.25) is 0 Å². The smallest absolute Gasteiger partial charge is 0.168 e. The summed E-state index contributed by atoms with van der Waals surface area (Å²) in [6, 6.07) is 1.37. The summed E-state index contributed by atoms with van der Waals surface area (Å²) in [5.74, 6) is 0.504. The highest BCUT2D eigenvalue weighted by molar-refractivity contribution is 5.78. The molecule has 0 aromatic carbocycles. The van der Waals surface area contributed by atoms with E-state index in [0.717, 1.165) is 0 Å². The molecule has 1 aromatic heterocycles. The molecule has 0 amide bonds. The van der Waals surface area contributed by atoms with Crippen molar-refractivity contribution in [2.75, 3.05) is 0 Å². The Hall–Kier alpha value is -1.58. The highest BCUT2D eigenvalue weighted by atomic mass is 16.1. The number of carbonyl (C=O) groups is 2. The lowest BCUT2D eigenvalue weighted by Gasteiger charge is -2.16. The van der Waals surface area contributed by atoms with Crippen molar-refractivity contribution in [1.29, 1.82) is 0 Å². The highest BCUT2D eigenvalue weighted by Gasteiger charge is 2.18. The lowest BCUT2D eigenvalue weighted by Crippen LogP contribution is -2.18. The fourth-order valence-corrected chi connectivity index (χ4v) is 0.942. The van der Waals surface area contributed by atoms with E-state index in [1.165, 1.54) is 6.07 Å². The predicted octanol–water partition coefficient (Wildman–Crippen LogP) is 1.40. The Morgan fingerprint density at radius 3 is 1.79 bits per heavy atom. The second-order valence-electron chi connectivity index (χ2n) is 4.03. The van der Waals surface area contributed by atoms with Crippen molar-refractivity contribution in [3.05, 3.63) is 23.3 Å². The second-order valence-corrected chi connectivity index (χ2v) is 4.03. The first-order chi connectivity index (χ1) is 6.47. The maximum Gasteiger partial charge on any atom is 0.168 e. The Bertz CT molecular complexity index is 341. The van der Waals surface area contributed by atoms with Crippen molar-refractivity contribution in [1.82, 2.24) is 9.97 Å². The predicted molar refractivity (Wildman–Crippen MR) is 51.5 cm³/mol. The Kier molecular flexibility index (Phi) is 2.74. The molecule has 0 spiro atoms. The number of carbonyl (C=O) groups excluding carboxylic acids is 2. The number of aromatic nitrogens is 2. The normalized spacial score (nSPS) is 11.1. The second kappa shape index (κ2) is 3.65. The molecule has 1 heterocycles. The topological polar surface area (TPSA) is 59.9 Å². The molecule has 0 saturated carbocycles. The van der Waals surface area contributed by atoms with Gasteiger partial charge in [0, 0.05) is 5.41 Å². The van der Waals surface area contributed by atoms with E-state index in [1.807, 2.05) is 20.8 Å². The number of aldehydes is 2. The van der Waals surface area contributed by atoms with Crippen LogP contribution in [-0.4, -0.2) is 22.5 Å². The Morgan fingerprint density at radius 1 is 1.07 bits per heavy atom. The molecule has 74 valence electrons. The van der Waals surface area contributed by atoms with Crippen LogP contribution in [0.1, 0.15) is 47.6 Å². The van der Waals surface area contributed by atoms with Crippen LogP contribution in [0.3, 0.4) is 0 Å². The number of hydrogen-bond donors (Lipinski definition) is 0. The molecule has 0 radical (unpaired) electrons. The summed E-state index contributed by atoms with van der Waals surface area (Å²) >= 11 is 0. The third-order valence-electron chi connectivity index (χ3n) is 1.68. The zero-order valence-electron chi connectivity index (χ0n) is 8.44. The molecule has 0 saturated heterocycles. The third-order valence-corrected chi connectivity index (χ3v) is 1.68. The van der Waals surface area contributed by atoms with Crippen molar-refractivity contribution in [2.45, 2.75) is 26.2 Å². The zero-order chi connectivity index (χ0) is 10.8. The van der Waals surface area contributed by atoms with E-state index in [4.69, 9.17) is 0 Å². The Balaban J connectivity index is 3.31. The largest absolute Gasteiger partial charge is 0.296 e. The molecule has 4 heteroatoms. The molecular formula is C10H12N2O2. The first-order valence-corrected chi connectivity index (χ1v) is 4.27. The molecule has 4 nitrogen and oxygen atoms in total. The van der Waals surface area contributed by atoms with Crippen molar-refractivity contribution in [3.63, 3.8) is 0 Å². The van der Waals surface area contributed by atoms with Crippen LogP contribution >= 0.6 is 0 Å². The minimum atomic E-state index is -0.267. The quantitative estimate of drug-likeness (QED) is 0.664. The summed E-state index contributed by atoms with van der Waals surface area (Å²) in [5.41, 5.74) is 0.218. The van der Waals surface area contributed by atoms with Crippen LogP contribution in [-0.2, 0) is 5.41 Å². The summed E-state index contributed by atoms with van der Waals surface area (Å²) in [4.78, 5) is 29.2. The Labute approximate surface area is 82.4 Å². The fraction of sp³-hybridized carbons (Fsp3) is 0.400. The van der Waals surface area contributed by atoms with Crippen LogP contribution in [0.5, 0.6) is 0 Å². The highest BCUT2D eigenvalue weighted by Crippen LogP contribution is 2.17. The number of rotatable bonds is 2. The summed E-state index contributed by atoms with van der Waals surface area (Å²) in [5, 5.41) is 0. The number of nitrogens with zero attached hydrogens (tertiary/aromatic N) is 2. The van der Waals surface area contributed by atoms with E-state index in [0.29, 0.717) is 18.4 Å². The van der Waals surface area contributed by atoms with Gasteiger partial charge in [0.05, 0.1) is 0 Å². The standard InChI is InChI=1S/C10H12N2O2/c1-10(2,3)9-11-7(5-13)4-8(6-14)12-9/h4-6H,1-3H3. The zero-order valence-corrected chi connectivity index (χ0v) is 8.44.